The number of rotatable bonds is 12. The number of anilines is 1. The zero-order valence-corrected chi connectivity index (χ0v) is 23.1. The van der Waals surface area contributed by atoms with Crippen LogP contribution in [0.1, 0.15) is 55.8 Å². The highest BCUT2D eigenvalue weighted by molar-refractivity contribution is 5.93. The summed E-state index contributed by atoms with van der Waals surface area (Å²) in [7, 11) is 3.32. The van der Waals surface area contributed by atoms with Crippen LogP contribution in [0.5, 0.6) is 17.2 Å². The van der Waals surface area contributed by atoms with E-state index >= 15 is 0 Å². The van der Waals surface area contributed by atoms with Gasteiger partial charge < -0.3 is 19.1 Å². The van der Waals surface area contributed by atoms with Gasteiger partial charge in [0.05, 0.1) is 27.4 Å². The van der Waals surface area contributed by atoms with E-state index < -0.39 is 0 Å². The van der Waals surface area contributed by atoms with Gasteiger partial charge in [0.15, 0.2) is 11.5 Å². The van der Waals surface area contributed by atoms with E-state index in [1.807, 2.05) is 40.1 Å². The highest BCUT2D eigenvalue weighted by Gasteiger charge is 2.32. The van der Waals surface area contributed by atoms with Crippen molar-refractivity contribution in [1.29, 1.82) is 0 Å². The molecular weight excluding hydrogens is 492 g/mol. The number of urea groups is 1. The lowest BCUT2D eigenvalue weighted by atomic mass is 10.0. The Morgan fingerprint density at radius 1 is 0.974 bits per heavy atom. The average Bonchev–Trinajstić information content (AvgIpc) is 3.79. The molecule has 8 nitrogen and oxygen atoms in total. The number of methoxy groups -OCH3 is 2. The van der Waals surface area contributed by atoms with Gasteiger partial charge in [0.2, 0.25) is 0 Å². The maximum Gasteiger partial charge on any atom is 0.325 e. The molecule has 2 heterocycles. The Bertz CT molecular complexity index is 1260. The van der Waals surface area contributed by atoms with Crippen molar-refractivity contribution < 1.29 is 19.0 Å². The number of carbonyl (C=O) groups excluding carboxylic acids is 1. The fourth-order valence-corrected chi connectivity index (χ4v) is 5.13. The fourth-order valence-electron chi connectivity index (χ4n) is 5.13. The summed E-state index contributed by atoms with van der Waals surface area (Å²) in [5.41, 5.74) is 3.83. The van der Waals surface area contributed by atoms with Crippen LogP contribution in [0.3, 0.4) is 0 Å². The average molecular weight is 531 g/mol. The minimum atomic E-state index is -0.0225. The first-order valence-electron chi connectivity index (χ1n) is 13.9. The maximum atomic E-state index is 13.8. The molecule has 0 spiro atoms. The molecule has 2 fully saturated rings. The quantitative estimate of drug-likeness (QED) is 0.273. The van der Waals surface area contributed by atoms with Crippen molar-refractivity contribution in [3.63, 3.8) is 0 Å². The number of aromatic nitrogens is 2. The molecule has 1 saturated heterocycles. The van der Waals surface area contributed by atoms with E-state index in [0.717, 1.165) is 47.0 Å². The summed E-state index contributed by atoms with van der Waals surface area (Å²) in [6, 6.07) is 13.9. The SMILES string of the molecule is COc1cc(Cc2ccncn2)ccc1CN1C(=O)N(c2ccc(OC)c(OCCCC3CC3)c2)CC[C@@H]1C. The summed E-state index contributed by atoms with van der Waals surface area (Å²) < 4.78 is 17.4. The van der Waals surface area contributed by atoms with Gasteiger partial charge in [0.1, 0.15) is 12.1 Å². The summed E-state index contributed by atoms with van der Waals surface area (Å²) in [5, 5.41) is 0. The molecule has 3 aromatic rings. The van der Waals surface area contributed by atoms with Gasteiger partial charge in [-0.1, -0.05) is 25.0 Å². The van der Waals surface area contributed by atoms with E-state index in [1.165, 1.54) is 19.3 Å². The van der Waals surface area contributed by atoms with Crippen molar-refractivity contribution in [3.05, 3.63) is 71.8 Å². The highest BCUT2D eigenvalue weighted by Crippen LogP contribution is 2.36. The molecule has 1 aliphatic heterocycles. The van der Waals surface area contributed by atoms with Crippen molar-refractivity contribution in [1.82, 2.24) is 14.9 Å². The van der Waals surface area contributed by atoms with Gasteiger partial charge in [-0.2, -0.15) is 0 Å². The number of benzene rings is 2. The Morgan fingerprint density at radius 2 is 1.82 bits per heavy atom. The molecule has 2 aliphatic rings. The number of hydrogen-bond donors (Lipinski definition) is 0. The molecular formula is C31H38N4O4. The second kappa shape index (κ2) is 12.4. The molecule has 0 N–H and O–H groups in total. The topological polar surface area (TPSA) is 77.0 Å². The molecule has 2 amide bonds. The molecule has 0 radical (unpaired) electrons. The van der Waals surface area contributed by atoms with Gasteiger partial charge in [-0.05, 0) is 61.9 Å². The van der Waals surface area contributed by atoms with Crippen molar-refractivity contribution in [2.24, 2.45) is 5.92 Å². The van der Waals surface area contributed by atoms with Crippen molar-refractivity contribution >= 4 is 11.7 Å². The molecule has 1 aliphatic carbocycles. The van der Waals surface area contributed by atoms with Crippen LogP contribution in [0.25, 0.3) is 0 Å². The summed E-state index contributed by atoms with van der Waals surface area (Å²) in [4.78, 5) is 25.9. The van der Waals surface area contributed by atoms with Gasteiger partial charge in [-0.3, -0.25) is 4.90 Å². The molecule has 0 bridgehead atoms. The molecule has 1 saturated carbocycles. The van der Waals surface area contributed by atoms with Crippen LogP contribution in [0.4, 0.5) is 10.5 Å². The van der Waals surface area contributed by atoms with E-state index in [4.69, 9.17) is 14.2 Å². The Labute approximate surface area is 230 Å². The van der Waals surface area contributed by atoms with Crippen LogP contribution in [-0.4, -0.2) is 54.3 Å². The van der Waals surface area contributed by atoms with Gasteiger partial charge >= 0.3 is 6.03 Å². The first-order valence-corrected chi connectivity index (χ1v) is 13.9. The summed E-state index contributed by atoms with van der Waals surface area (Å²) in [6.07, 6.45) is 9.81. The predicted molar refractivity (Wildman–Crippen MR) is 151 cm³/mol. The fraction of sp³-hybridized carbons (Fsp3) is 0.452. The molecule has 8 heteroatoms. The van der Waals surface area contributed by atoms with Gasteiger partial charge in [0, 0.05) is 48.2 Å². The Hall–Kier alpha value is -3.81. The third-order valence-electron chi connectivity index (χ3n) is 7.67. The lowest BCUT2D eigenvalue weighted by Gasteiger charge is -2.40. The van der Waals surface area contributed by atoms with Gasteiger partial charge in [-0.15, -0.1) is 0 Å². The lowest BCUT2D eigenvalue weighted by molar-refractivity contribution is 0.165. The molecule has 1 aromatic heterocycles. The highest BCUT2D eigenvalue weighted by atomic mass is 16.5. The summed E-state index contributed by atoms with van der Waals surface area (Å²) in [5.74, 6) is 3.02. The summed E-state index contributed by atoms with van der Waals surface area (Å²) >= 11 is 0. The van der Waals surface area contributed by atoms with E-state index in [1.54, 1.807) is 26.7 Å². The van der Waals surface area contributed by atoms with E-state index in [-0.39, 0.29) is 12.1 Å². The molecule has 2 aromatic carbocycles. The monoisotopic (exact) mass is 530 g/mol. The zero-order chi connectivity index (χ0) is 27.2. The largest absolute Gasteiger partial charge is 0.496 e. The smallest absolute Gasteiger partial charge is 0.325 e. The number of amides is 2. The standard InChI is InChI=1S/C31H38N4O4/c1-22-13-15-34(27-10-11-28(37-2)30(19-27)39-16-4-5-23-6-7-23)31(36)35(22)20-25-9-8-24(18-29(25)38-3)17-26-12-14-32-21-33-26/h8-12,14,18-19,21-23H,4-7,13,15-17,20H2,1-3H3/t22-/m0/s1. The van der Waals surface area contributed by atoms with Gasteiger partial charge in [0.25, 0.3) is 0 Å². The second-order valence-electron chi connectivity index (χ2n) is 10.5. The van der Waals surface area contributed by atoms with Crippen LogP contribution in [0, 0.1) is 5.92 Å². The Kier molecular flexibility index (Phi) is 8.49. The number of hydrogen-bond acceptors (Lipinski definition) is 6. The van der Waals surface area contributed by atoms with Crippen LogP contribution >= 0.6 is 0 Å². The minimum absolute atomic E-state index is 0.0225. The van der Waals surface area contributed by atoms with E-state index in [2.05, 4.69) is 29.0 Å². The van der Waals surface area contributed by atoms with Crippen LogP contribution in [0.2, 0.25) is 0 Å². The van der Waals surface area contributed by atoms with E-state index in [0.29, 0.717) is 37.6 Å². The van der Waals surface area contributed by atoms with Crippen molar-refractivity contribution in [3.8, 4) is 17.2 Å². The van der Waals surface area contributed by atoms with Gasteiger partial charge in [-0.25, -0.2) is 14.8 Å². The van der Waals surface area contributed by atoms with Crippen molar-refractivity contribution in [2.45, 2.75) is 58.0 Å². The molecule has 206 valence electrons. The number of ether oxygens (including phenoxy) is 3. The van der Waals surface area contributed by atoms with Crippen LogP contribution in [-0.2, 0) is 13.0 Å². The van der Waals surface area contributed by atoms with Crippen molar-refractivity contribution in [2.75, 3.05) is 32.3 Å². The number of nitrogens with zero attached hydrogens (tertiary/aromatic N) is 4. The first-order chi connectivity index (χ1) is 19.1. The predicted octanol–water partition coefficient (Wildman–Crippen LogP) is 5.87. The first kappa shape index (κ1) is 26.8. The molecule has 1 atom stereocenters. The molecule has 0 unspecified atom stereocenters. The molecule has 5 rings (SSSR count). The Morgan fingerprint density at radius 3 is 2.56 bits per heavy atom. The molecule has 39 heavy (non-hydrogen) atoms. The lowest BCUT2D eigenvalue weighted by Crippen LogP contribution is -2.53. The third-order valence-corrected chi connectivity index (χ3v) is 7.67. The maximum absolute atomic E-state index is 13.8. The normalized spacial score (nSPS) is 17.3. The zero-order valence-electron chi connectivity index (χ0n) is 23.1. The van der Waals surface area contributed by atoms with E-state index in [9.17, 15) is 4.79 Å². The number of carbonyl (C=O) groups is 1. The van der Waals surface area contributed by atoms with Crippen LogP contribution in [0.15, 0.2) is 55.0 Å². The van der Waals surface area contributed by atoms with Crippen LogP contribution < -0.4 is 19.1 Å². The summed E-state index contributed by atoms with van der Waals surface area (Å²) in [6.45, 7) is 3.88. The second-order valence-corrected chi connectivity index (χ2v) is 10.5. The Balaban J connectivity index is 1.29. The minimum Gasteiger partial charge on any atom is -0.496 e. The third kappa shape index (κ3) is 6.61.